The number of oxazole rings is 1. The Morgan fingerprint density at radius 1 is 1.13 bits per heavy atom. The Kier molecular flexibility index (Phi) is 5.74. The van der Waals surface area contributed by atoms with Crippen LogP contribution in [0.15, 0.2) is 52.9 Å². The molecule has 3 aromatic rings. The maximum atomic E-state index is 13.2. The molecule has 1 amide bonds. The first kappa shape index (κ1) is 20.0. The first-order chi connectivity index (χ1) is 14.6. The van der Waals surface area contributed by atoms with Crippen LogP contribution < -0.4 is 9.47 Å². The Balaban J connectivity index is 1.53. The van der Waals surface area contributed by atoms with Crippen LogP contribution >= 0.6 is 0 Å². The molecule has 0 bridgehead atoms. The second kappa shape index (κ2) is 8.61. The molecule has 0 saturated carbocycles. The third-order valence-electron chi connectivity index (χ3n) is 5.60. The maximum absolute atomic E-state index is 13.2. The molecule has 1 aliphatic heterocycles. The van der Waals surface area contributed by atoms with Gasteiger partial charge in [0.1, 0.15) is 5.76 Å². The number of nitrogens with zero attached hydrogens (tertiary/aromatic N) is 2. The summed E-state index contributed by atoms with van der Waals surface area (Å²) in [5, 5.41) is 0. The van der Waals surface area contributed by atoms with E-state index in [0.717, 1.165) is 30.5 Å². The van der Waals surface area contributed by atoms with Crippen molar-refractivity contribution in [3.05, 3.63) is 65.5 Å². The topological polar surface area (TPSA) is 64.8 Å². The SMILES string of the molecule is COc1ccc(C2CCCN2C(=O)Cc2nc(-c3ccccc3)oc2C)cc1OC. The summed E-state index contributed by atoms with van der Waals surface area (Å²) in [5.41, 5.74) is 2.65. The van der Waals surface area contributed by atoms with E-state index in [1.807, 2.05) is 60.4 Å². The number of hydrogen-bond acceptors (Lipinski definition) is 5. The van der Waals surface area contributed by atoms with E-state index in [-0.39, 0.29) is 18.4 Å². The quantitative estimate of drug-likeness (QED) is 0.600. The van der Waals surface area contributed by atoms with Crippen molar-refractivity contribution in [3.8, 4) is 23.0 Å². The van der Waals surface area contributed by atoms with Gasteiger partial charge in [0.2, 0.25) is 11.8 Å². The Hall–Kier alpha value is -3.28. The summed E-state index contributed by atoms with van der Waals surface area (Å²) in [4.78, 5) is 19.7. The third-order valence-corrected chi connectivity index (χ3v) is 5.60. The lowest BCUT2D eigenvalue weighted by Gasteiger charge is -2.25. The molecule has 0 spiro atoms. The molecule has 1 aromatic heterocycles. The summed E-state index contributed by atoms with van der Waals surface area (Å²) in [5.74, 6) is 2.65. The van der Waals surface area contributed by atoms with Crippen LogP contribution in [-0.4, -0.2) is 36.6 Å². The summed E-state index contributed by atoms with van der Waals surface area (Å²) < 4.78 is 16.6. The molecular weight excluding hydrogens is 380 g/mol. The first-order valence-electron chi connectivity index (χ1n) is 10.1. The molecule has 1 aliphatic rings. The monoisotopic (exact) mass is 406 g/mol. The number of aryl methyl sites for hydroxylation is 1. The second-order valence-corrected chi connectivity index (χ2v) is 7.42. The number of aromatic nitrogens is 1. The Morgan fingerprint density at radius 3 is 2.63 bits per heavy atom. The van der Waals surface area contributed by atoms with Crippen molar-refractivity contribution in [2.75, 3.05) is 20.8 Å². The van der Waals surface area contributed by atoms with Gasteiger partial charge in [0.15, 0.2) is 11.5 Å². The molecular formula is C24H26N2O4. The van der Waals surface area contributed by atoms with E-state index in [1.54, 1.807) is 14.2 Å². The van der Waals surface area contributed by atoms with Gasteiger partial charge in [0.05, 0.1) is 32.4 Å². The average molecular weight is 406 g/mol. The summed E-state index contributed by atoms with van der Waals surface area (Å²) in [6.07, 6.45) is 2.12. The highest BCUT2D eigenvalue weighted by Gasteiger charge is 2.31. The highest BCUT2D eigenvalue weighted by molar-refractivity contribution is 5.79. The van der Waals surface area contributed by atoms with Crippen LogP contribution in [0.25, 0.3) is 11.5 Å². The molecule has 30 heavy (non-hydrogen) atoms. The highest BCUT2D eigenvalue weighted by Crippen LogP contribution is 2.37. The van der Waals surface area contributed by atoms with Crippen molar-refractivity contribution < 1.29 is 18.7 Å². The fourth-order valence-electron chi connectivity index (χ4n) is 4.01. The minimum Gasteiger partial charge on any atom is -0.493 e. The van der Waals surface area contributed by atoms with Gasteiger partial charge >= 0.3 is 0 Å². The summed E-state index contributed by atoms with van der Waals surface area (Å²) in [6, 6.07) is 15.6. The first-order valence-corrected chi connectivity index (χ1v) is 10.1. The number of rotatable bonds is 6. The predicted molar refractivity (Wildman–Crippen MR) is 114 cm³/mol. The molecule has 6 heteroatoms. The smallest absolute Gasteiger partial charge is 0.229 e. The number of carbonyl (C=O) groups is 1. The summed E-state index contributed by atoms with van der Waals surface area (Å²) in [7, 11) is 3.24. The van der Waals surface area contributed by atoms with E-state index in [2.05, 4.69) is 4.98 Å². The van der Waals surface area contributed by atoms with E-state index >= 15 is 0 Å². The number of hydrogen-bond donors (Lipinski definition) is 0. The number of carbonyl (C=O) groups excluding carboxylic acids is 1. The van der Waals surface area contributed by atoms with Crippen LogP contribution in [0.4, 0.5) is 0 Å². The van der Waals surface area contributed by atoms with Gasteiger partial charge in [-0.1, -0.05) is 24.3 Å². The number of benzene rings is 2. The average Bonchev–Trinajstić information content (AvgIpc) is 3.41. The zero-order chi connectivity index (χ0) is 21.1. The molecule has 0 aliphatic carbocycles. The van der Waals surface area contributed by atoms with Crippen LogP contribution in [-0.2, 0) is 11.2 Å². The van der Waals surface area contributed by atoms with Crippen molar-refractivity contribution in [2.24, 2.45) is 0 Å². The van der Waals surface area contributed by atoms with Crippen LogP contribution in [0, 0.1) is 6.92 Å². The minimum atomic E-state index is 0.0260. The lowest BCUT2D eigenvalue weighted by molar-refractivity contribution is -0.131. The molecule has 2 heterocycles. The molecule has 1 atom stereocenters. The van der Waals surface area contributed by atoms with Gasteiger partial charge in [-0.25, -0.2) is 4.98 Å². The maximum Gasteiger partial charge on any atom is 0.229 e. The van der Waals surface area contributed by atoms with Gasteiger partial charge in [0, 0.05) is 12.1 Å². The number of methoxy groups -OCH3 is 2. The summed E-state index contributed by atoms with van der Waals surface area (Å²) >= 11 is 0. The zero-order valence-electron chi connectivity index (χ0n) is 17.6. The van der Waals surface area contributed by atoms with Crippen molar-refractivity contribution in [1.82, 2.24) is 9.88 Å². The van der Waals surface area contributed by atoms with Gasteiger partial charge in [-0.05, 0) is 49.6 Å². The zero-order valence-corrected chi connectivity index (χ0v) is 17.6. The number of amides is 1. The third kappa shape index (κ3) is 3.90. The van der Waals surface area contributed by atoms with E-state index in [9.17, 15) is 4.79 Å². The molecule has 156 valence electrons. The lowest BCUT2D eigenvalue weighted by atomic mass is 10.0. The Morgan fingerprint density at radius 2 is 1.90 bits per heavy atom. The highest BCUT2D eigenvalue weighted by atomic mass is 16.5. The van der Waals surface area contributed by atoms with E-state index in [1.165, 1.54) is 0 Å². The number of likely N-dealkylation sites (tertiary alicyclic amines) is 1. The van der Waals surface area contributed by atoms with Crippen LogP contribution in [0.5, 0.6) is 11.5 Å². The molecule has 0 radical (unpaired) electrons. The van der Waals surface area contributed by atoms with Crippen LogP contribution in [0.2, 0.25) is 0 Å². The largest absolute Gasteiger partial charge is 0.493 e. The molecule has 2 aromatic carbocycles. The predicted octanol–water partition coefficient (Wildman–Crippen LogP) is 4.57. The van der Waals surface area contributed by atoms with Gasteiger partial charge in [-0.2, -0.15) is 0 Å². The molecule has 0 N–H and O–H groups in total. The molecule has 1 fully saturated rings. The van der Waals surface area contributed by atoms with Gasteiger partial charge < -0.3 is 18.8 Å². The van der Waals surface area contributed by atoms with Crippen molar-refractivity contribution in [1.29, 1.82) is 0 Å². The van der Waals surface area contributed by atoms with Crippen molar-refractivity contribution in [3.63, 3.8) is 0 Å². The lowest BCUT2D eigenvalue weighted by Crippen LogP contribution is -2.32. The van der Waals surface area contributed by atoms with Gasteiger partial charge in [-0.3, -0.25) is 4.79 Å². The number of ether oxygens (including phenoxy) is 2. The minimum absolute atomic E-state index is 0.0260. The molecule has 6 nitrogen and oxygen atoms in total. The molecule has 4 rings (SSSR count). The van der Waals surface area contributed by atoms with E-state index in [4.69, 9.17) is 13.9 Å². The second-order valence-electron chi connectivity index (χ2n) is 7.42. The fourth-order valence-corrected chi connectivity index (χ4v) is 4.01. The van der Waals surface area contributed by atoms with Gasteiger partial charge in [-0.15, -0.1) is 0 Å². The van der Waals surface area contributed by atoms with Crippen LogP contribution in [0.3, 0.4) is 0 Å². The van der Waals surface area contributed by atoms with Crippen LogP contribution in [0.1, 0.15) is 35.9 Å². The molecule has 1 saturated heterocycles. The summed E-state index contributed by atoms with van der Waals surface area (Å²) in [6.45, 7) is 2.60. The standard InChI is InChI=1S/C24H26N2O4/c1-16-19(25-24(30-16)17-8-5-4-6-9-17)15-23(27)26-13-7-10-20(26)18-11-12-21(28-2)22(14-18)29-3/h4-6,8-9,11-12,14,20H,7,10,13,15H2,1-3H3. The normalized spacial score (nSPS) is 16.0. The van der Waals surface area contributed by atoms with Gasteiger partial charge in [0.25, 0.3) is 0 Å². The van der Waals surface area contributed by atoms with Crippen molar-refractivity contribution >= 4 is 5.91 Å². The Bertz CT molecular complexity index is 1030. The van der Waals surface area contributed by atoms with Crippen molar-refractivity contribution in [2.45, 2.75) is 32.2 Å². The fraction of sp³-hybridized carbons (Fsp3) is 0.333. The molecule has 1 unspecified atom stereocenters. The van der Waals surface area contributed by atoms with E-state index in [0.29, 0.717) is 28.8 Å². The Labute approximate surface area is 176 Å². The van der Waals surface area contributed by atoms with E-state index < -0.39 is 0 Å².